The van der Waals surface area contributed by atoms with Crippen molar-refractivity contribution in [2.75, 3.05) is 0 Å². The first kappa shape index (κ1) is 5.35. The van der Waals surface area contributed by atoms with Crippen molar-refractivity contribution >= 4 is 12.1 Å². The molecule has 0 saturated heterocycles. The molecule has 2 nitrogen and oxygen atoms in total. The van der Waals surface area contributed by atoms with E-state index in [0.717, 1.165) is 5.56 Å². The molecular weight excluding hydrogens is 126 g/mol. The zero-order chi connectivity index (χ0) is 6.97. The van der Waals surface area contributed by atoms with Crippen LogP contribution in [0.25, 0.3) is 0 Å². The highest BCUT2D eigenvalue weighted by Gasteiger charge is 2.13. The molecule has 47 valence electrons. The summed E-state index contributed by atoms with van der Waals surface area (Å²) in [5, 5.41) is 0. The lowest BCUT2D eigenvalue weighted by Gasteiger charge is -1.89. The van der Waals surface area contributed by atoms with E-state index in [1.807, 2.05) is 18.2 Å². The molecule has 0 aromatic heterocycles. The largest absolute Gasteiger partial charge is 0.278 e. The zero-order valence-electron chi connectivity index (χ0n) is 5.16. The van der Waals surface area contributed by atoms with Gasteiger partial charge in [-0.3, -0.25) is 4.79 Å². The quantitative estimate of drug-likeness (QED) is 0.517. The van der Waals surface area contributed by atoms with E-state index in [-0.39, 0.29) is 5.91 Å². The summed E-state index contributed by atoms with van der Waals surface area (Å²) in [5.41, 5.74) is 1.45. The Hall–Kier alpha value is -1.44. The number of aliphatic imine (C=N–C) groups is 1. The smallest absolute Gasteiger partial charge is 0.267 e. The van der Waals surface area contributed by atoms with Crippen molar-refractivity contribution in [2.45, 2.75) is 0 Å². The molecule has 2 heteroatoms. The Balaban J connectivity index is 2.70. The molecule has 0 unspecified atom stereocenters. The summed E-state index contributed by atoms with van der Waals surface area (Å²) in [7, 11) is 0. The van der Waals surface area contributed by atoms with E-state index in [9.17, 15) is 4.79 Å². The number of hydrogen-bond donors (Lipinski definition) is 0. The lowest BCUT2D eigenvalue weighted by molar-refractivity contribution is 0.101. The van der Waals surface area contributed by atoms with Crippen molar-refractivity contribution in [1.82, 2.24) is 0 Å². The van der Waals surface area contributed by atoms with Crippen LogP contribution >= 0.6 is 0 Å². The number of rotatable bonds is 0. The Labute approximate surface area is 58.2 Å². The molecule has 0 bridgehead atoms. The van der Waals surface area contributed by atoms with Gasteiger partial charge in [0.2, 0.25) is 0 Å². The molecule has 1 amide bonds. The maximum atomic E-state index is 10.8. The van der Waals surface area contributed by atoms with E-state index in [0.29, 0.717) is 5.56 Å². The van der Waals surface area contributed by atoms with E-state index in [1.165, 1.54) is 0 Å². The van der Waals surface area contributed by atoms with Crippen LogP contribution in [-0.2, 0) is 0 Å². The van der Waals surface area contributed by atoms with Gasteiger partial charge in [-0.1, -0.05) is 18.2 Å². The highest BCUT2D eigenvalue weighted by atomic mass is 16.1. The molecule has 1 radical (unpaired) electrons. The van der Waals surface area contributed by atoms with Gasteiger partial charge in [-0.05, 0) is 6.07 Å². The molecule has 1 aromatic carbocycles. The van der Waals surface area contributed by atoms with Crippen molar-refractivity contribution in [3.63, 3.8) is 0 Å². The summed E-state index contributed by atoms with van der Waals surface area (Å²) in [6.45, 7) is 0. The van der Waals surface area contributed by atoms with Crippen LogP contribution in [0.3, 0.4) is 0 Å². The fourth-order valence-electron chi connectivity index (χ4n) is 0.938. The van der Waals surface area contributed by atoms with Crippen LogP contribution in [0.15, 0.2) is 29.3 Å². The number of hydrogen-bond acceptors (Lipinski definition) is 1. The maximum absolute atomic E-state index is 10.8. The van der Waals surface area contributed by atoms with Crippen molar-refractivity contribution in [2.24, 2.45) is 4.99 Å². The minimum Gasteiger partial charge on any atom is -0.267 e. The van der Waals surface area contributed by atoms with Gasteiger partial charge in [0.25, 0.3) is 5.91 Å². The molecule has 1 aromatic rings. The third kappa shape index (κ3) is 0.589. The van der Waals surface area contributed by atoms with E-state index >= 15 is 0 Å². The number of fused-ring (bicyclic) bond motifs is 1. The molecular formula is C8H4NO. The Kier molecular flexibility index (Phi) is 0.947. The molecule has 1 heterocycles. The van der Waals surface area contributed by atoms with Crippen molar-refractivity contribution in [3.05, 3.63) is 35.4 Å². The first-order valence-electron chi connectivity index (χ1n) is 2.98. The van der Waals surface area contributed by atoms with Gasteiger partial charge in [-0.2, -0.15) is 0 Å². The number of carbonyl (C=O) groups excluding carboxylic acids is 1. The second-order valence-electron chi connectivity index (χ2n) is 2.07. The standard InChI is InChI=1S/C8H4NO/c10-8-7-4-2-1-3-6(7)5-9-8/h1-4H. The second-order valence-corrected chi connectivity index (χ2v) is 2.07. The molecule has 1 aliphatic heterocycles. The highest BCUT2D eigenvalue weighted by molar-refractivity contribution is 6.12. The molecule has 0 saturated carbocycles. The van der Waals surface area contributed by atoms with Crippen LogP contribution in [0.4, 0.5) is 0 Å². The fourth-order valence-corrected chi connectivity index (χ4v) is 0.938. The van der Waals surface area contributed by atoms with Gasteiger partial charge in [0.15, 0.2) is 0 Å². The number of amides is 1. The summed E-state index contributed by atoms with van der Waals surface area (Å²) >= 11 is 0. The summed E-state index contributed by atoms with van der Waals surface area (Å²) in [6, 6.07) is 7.25. The number of benzene rings is 1. The highest BCUT2D eigenvalue weighted by Crippen LogP contribution is 2.12. The monoisotopic (exact) mass is 130 g/mol. The molecule has 10 heavy (non-hydrogen) atoms. The topological polar surface area (TPSA) is 29.4 Å². The van der Waals surface area contributed by atoms with Crippen LogP contribution in [0.5, 0.6) is 0 Å². The zero-order valence-corrected chi connectivity index (χ0v) is 5.16. The summed E-state index contributed by atoms with van der Waals surface area (Å²) in [5.74, 6) is -0.185. The van der Waals surface area contributed by atoms with Gasteiger partial charge in [-0.25, -0.2) is 4.99 Å². The number of nitrogens with zero attached hydrogens (tertiary/aromatic N) is 1. The Morgan fingerprint density at radius 1 is 1.30 bits per heavy atom. The van der Waals surface area contributed by atoms with Gasteiger partial charge >= 0.3 is 0 Å². The first-order valence-corrected chi connectivity index (χ1v) is 2.98. The molecule has 2 rings (SSSR count). The average Bonchev–Trinajstić information content (AvgIpc) is 2.34. The van der Waals surface area contributed by atoms with E-state index < -0.39 is 0 Å². The Morgan fingerprint density at radius 3 is 2.90 bits per heavy atom. The molecule has 0 atom stereocenters. The molecule has 1 aliphatic rings. The third-order valence-electron chi connectivity index (χ3n) is 1.44. The molecule has 0 spiro atoms. The SMILES string of the molecule is O=C1N=[C]c2ccccc21. The molecule has 0 aliphatic carbocycles. The Bertz CT molecular complexity index is 315. The van der Waals surface area contributed by atoms with Crippen LogP contribution in [-0.4, -0.2) is 12.1 Å². The van der Waals surface area contributed by atoms with Gasteiger partial charge in [0, 0.05) is 5.56 Å². The van der Waals surface area contributed by atoms with Crippen molar-refractivity contribution in [1.29, 1.82) is 0 Å². The average molecular weight is 130 g/mol. The summed E-state index contributed by atoms with van der Waals surface area (Å²) < 4.78 is 0. The normalized spacial score (nSPS) is 13.8. The van der Waals surface area contributed by atoms with Gasteiger partial charge in [0.1, 0.15) is 6.21 Å². The fraction of sp³-hybridized carbons (Fsp3) is 0. The van der Waals surface area contributed by atoms with Crippen LogP contribution < -0.4 is 0 Å². The molecule has 0 N–H and O–H groups in total. The van der Waals surface area contributed by atoms with Gasteiger partial charge in [-0.15, -0.1) is 0 Å². The number of carbonyl (C=O) groups is 1. The predicted octanol–water partition coefficient (Wildman–Crippen LogP) is 1.14. The van der Waals surface area contributed by atoms with E-state index in [1.54, 1.807) is 6.07 Å². The lowest BCUT2D eigenvalue weighted by atomic mass is 10.1. The van der Waals surface area contributed by atoms with Crippen LogP contribution in [0.1, 0.15) is 15.9 Å². The van der Waals surface area contributed by atoms with Crippen LogP contribution in [0.2, 0.25) is 0 Å². The van der Waals surface area contributed by atoms with Crippen LogP contribution in [0, 0.1) is 0 Å². The van der Waals surface area contributed by atoms with E-state index in [2.05, 4.69) is 11.2 Å². The minimum atomic E-state index is -0.185. The Morgan fingerprint density at radius 2 is 2.10 bits per heavy atom. The van der Waals surface area contributed by atoms with Gasteiger partial charge < -0.3 is 0 Å². The summed E-state index contributed by atoms with van der Waals surface area (Å²) in [6.07, 6.45) is 2.63. The minimum absolute atomic E-state index is 0.185. The maximum Gasteiger partial charge on any atom is 0.278 e. The second kappa shape index (κ2) is 1.77. The van der Waals surface area contributed by atoms with E-state index in [4.69, 9.17) is 0 Å². The lowest BCUT2D eigenvalue weighted by Crippen LogP contribution is -1.89. The first-order chi connectivity index (χ1) is 4.88. The summed E-state index contributed by atoms with van der Waals surface area (Å²) in [4.78, 5) is 14.4. The third-order valence-corrected chi connectivity index (χ3v) is 1.44. The molecule has 0 fully saturated rings. The predicted molar refractivity (Wildman–Crippen MR) is 37.3 cm³/mol. The van der Waals surface area contributed by atoms with Crippen molar-refractivity contribution < 1.29 is 4.79 Å². The van der Waals surface area contributed by atoms with Gasteiger partial charge in [0.05, 0.1) is 5.56 Å². The van der Waals surface area contributed by atoms with Crippen molar-refractivity contribution in [3.8, 4) is 0 Å².